The molecule has 4 rings (SSSR count). The first-order valence-corrected chi connectivity index (χ1v) is 15.8. The van der Waals surface area contributed by atoms with Gasteiger partial charge in [-0.2, -0.15) is 0 Å². The van der Waals surface area contributed by atoms with Crippen molar-refractivity contribution in [1.82, 2.24) is 14.8 Å². The summed E-state index contributed by atoms with van der Waals surface area (Å²) in [5, 5.41) is 16.0. The zero-order valence-electron chi connectivity index (χ0n) is 27.0. The van der Waals surface area contributed by atoms with E-state index < -0.39 is 6.04 Å². The van der Waals surface area contributed by atoms with Gasteiger partial charge >= 0.3 is 6.03 Å². The zero-order valence-corrected chi connectivity index (χ0v) is 27.0. The Bertz CT molecular complexity index is 1440. The van der Waals surface area contributed by atoms with Crippen molar-refractivity contribution in [2.45, 2.75) is 58.3 Å². The van der Waals surface area contributed by atoms with Gasteiger partial charge in [-0.3, -0.25) is 14.6 Å². The van der Waals surface area contributed by atoms with Crippen LogP contribution in [0.2, 0.25) is 0 Å². The predicted molar refractivity (Wildman–Crippen MR) is 177 cm³/mol. The van der Waals surface area contributed by atoms with E-state index in [2.05, 4.69) is 15.6 Å². The van der Waals surface area contributed by atoms with Crippen molar-refractivity contribution >= 4 is 29.2 Å². The van der Waals surface area contributed by atoms with Crippen LogP contribution < -0.4 is 15.4 Å². The molecule has 2 aromatic carbocycles. The Hall–Kier alpha value is -4.48. The molecular weight excluding hydrogens is 586 g/mol. The minimum Gasteiger partial charge on any atom is -0.490 e. The lowest BCUT2D eigenvalue weighted by Crippen LogP contribution is -2.48. The first-order chi connectivity index (χ1) is 22.2. The number of aliphatic hydroxyl groups is 1. The summed E-state index contributed by atoms with van der Waals surface area (Å²) in [5.74, 6) is -0.476. The van der Waals surface area contributed by atoms with Gasteiger partial charge in [0.1, 0.15) is 5.75 Å². The molecule has 1 aromatic heterocycles. The Morgan fingerprint density at radius 3 is 2.50 bits per heavy atom. The quantitative estimate of drug-likeness (QED) is 0.323. The minimum absolute atomic E-state index is 0.182. The summed E-state index contributed by atoms with van der Waals surface area (Å²) in [7, 11) is 1.72. The first-order valence-electron chi connectivity index (χ1n) is 15.8. The molecule has 1 aliphatic rings. The number of ether oxygens (including phenoxy) is 2. The third-order valence-electron chi connectivity index (χ3n) is 8.08. The maximum Gasteiger partial charge on any atom is 0.321 e. The number of carbonyl (C=O) groups is 3. The average molecular weight is 632 g/mol. The fraction of sp³-hybridized carbons (Fsp3) is 0.429. The Morgan fingerprint density at radius 1 is 1.04 bits per heavy atom. The number of pyridine rings is 1. The van der Waals surface area contributed by atoms with E-state index >= 15 is 0 Å². The van der Waals surface area contributed by atoms with E-state index in [1.165, 1.54) is 12.4 Å². The minimum atomic E-state index is -0.525. The third kappa shape index (κ3) is 9.51. The molecule has 0 saturated heterocycles. The molecule has 0 spiro atoms. The van der Waals surface area contributed by atoms with Crippen LogP contribution in [0.3, 0.4) is 0 Å². The summed E-state index contributed by atoms with van der Waals surface area (Å²) in [6.07, 6.45) is 4.91. The maximum atomic E-state index is 14.3. The van der Waals surface area contributed by atoms with Crippen LogP contribution in [0, 0.1) is 5.92 Å². The highest BCUT2D eigenvalue weighted by molar-refractivity contribution is 6.05. The number of likely N-dealkylation sites (N-methyl/N-ethyl adjacent to an activating group) is 1. The average Bonchev–Trinajstić information content (AvgIpc) is 3.06. The Labute approximate surface area is 270 Å². The van der Waals surface area contributed by atoms with Crippen molar-refractivity contribution in [1.29, 1.82) is 0 Å². The Balaban J connectivity index is 1.60. The molecule has 4 amide bonds. The number of fused-ring (bicyclic) bond motifs is 1. The van der Waals surface area contributed by atoms with Crippen LogP contribution in [0.25, 0.3) is 0 Å². The normalized spacial score (nSPS) is 20.0. The van der Waals surface area contributed by atoms with Crippen LogP contribution in [0.15, 0.2) is 73.1 Å². The van der Waals surface area contributed by atoms with Crippen LogP contribution in [0.5, 0.6) is 5.75 Å². The smallest absolute Gasteiger partial charge is 0.321 e. The van der Waals surface area contributed by atoms with Crippen molar-refractivity contribution in [2.75, 3.05) is 44.0 Å². The lowest BCUT2D eigenvalue weighted by molar-refractivity contribution is -0.0115. The standard InChI is InChI=1S/C35H45N5O6/c1-24-21-40(25(2)23-41)34(43)30-20-29(37-33(42)27-15-17-36-18-16-27)13-14-31(30)46-26(3)10-8-9-19-45-32(24)22-39(4)35(44)38-28-11-6-5-7-12-28/h5-7,11-18,20,24-26,32,41H,8-10,19,21-23H2,1-4H3,(H,37,42)(H,38,44)/t24-,25-,26-,32-/m1/s1. The molecule has 4 atom stereocenters. The summed E-state index contributed by atoms with van der Waals surface area (Å²) < 4.78 is 12.6. The number of hydrogen-bond acceptors (Lipinski definition) is 7. The molecule has 0 saturated carbocycles. The zero-order chi connectivity index (χ0) is 33.1. The van der Waals surface area contributed by atoms with Gasteiger partial charge in [0.05, 0.1) is 30.4 Å². The number of nitrogens with one attached hydrogen (secondary N) is 2. The summed E-state index contributed by atoms with van der Waals surface area (Å²) in [4.78, 5) is 47.4. The Morgan fingerprint density at radius 2 is 1.78 bits per heavy atom. The van der Waals surface area contributed by atoms with Crippen LogP contribution in [0.4, 0.5) is 16.2 Å². The van der Waals surface area contributed by atoms with Crippen LogP contribution >= 0.6 is 0 Å². The van der Waals surface area contributed by atoms with Gasteiger partial charge < -0.3 is 35.0 Å². The van der Waals surface area contributed by atoms with Gasteiger partial charge in [-0.25, -0.2) is 4.79 Å². The molecule has 0 fully saturated rings. The van der Waals surface area contributed by atoms with Gasteiger partial charge in [-0.1, -0.05) is 25.1 Å². The molecule has 3 N–H and O–H groups in total. The van der Waals surface area contributed by atoms with Crippen molar-refractivity contribution in [2.24, 2.45) is 5.92 Å². The van der Waals surface area contributed by atoms with E-state index in [9.17, 15) is 19.5 Å². The number of urea groups is 1. The number of benzene rings is 2. The van der Waals surface area contributed by atoms with E-state index in [4.69, 9.17) is 9.47 Å². The van der Waals surface area contributed by atoms with E-state index in [1.54, 1.807) is 54.1 Å². The molecule has 0 radical (unpaired) electrons. The number of aliphatic hydroxyl groups excluding tert-OH is 1. The third-order valence-corrected chi connectivity index (χ3v) is 8.08. The summed E-state index contributed by atoms with van der Waals surface area (Å²) in [5.41, 5.74) is 1.84. The second-order valence-electron chi connectivity index (χ2n) is 11.9. The molecule has 1 aliphatic heterocycles. The van der Waals surface area contributed by atoms with E-state index in [0.29, 0.717) is 35.8 Å². The number of aromatic nitrogens is 1. The molecule has 0 bridgehead atoms. The van der Waals surface area contributed by atoms with Crippen LogP contribution in [-0.2, 0) is 4.74 Å². The number of rotatable bonds is 7. The molecule has 2 heterocycles. The van der Waals surface area contributed by atoms with Gasteiger partial charge in [0, 0.05) is 62.0 Å². The highest BCUT2D eigenvalue weighted by atomic mass is 16.5. The van der Waals surface area contributed by atoms with Gasteiger partial charge in [-0.05, 0) is 75.6 Å². The number of hydrogen-bond donors (Lipinski definition) is 3. The predicted octanol–water partition coefficient (Wildman–Crippen LogP) is 5.29. The van der Waals surface area contributed by atoms with Gasteiger partial charge in [0.25, 0.3) is 11.8 Å². The van der Waals surface area contributed by atoms with Crippen LogP contribution in [-0.4, -0.2) is 89.3 Å². The largest absolute Gasteiger partial charge is 0.490 e. The number of nitrogens with zero attached hydrogens (tertiary/aromatic N) is 3. The molecular formula is C35H45N5O6. The highest BCUT2D eigenvalue weighted by Crippen LogP contribution is 2.29. The fourth-order valence-electron chi connectivity index (χ4n) is 5.26. The van der Waals surface area contributed by atoms with Crippen molar-refractivity contribution < 1.29 is 29.0 Å². The fourth-order valence-corrected chi connectivity index (χ4v) is 5.26. The Kier molecular flexibility index (Phi) is 12.5. The first kappa shape index (κ1) is 34.4. The molecule has 0 unspecified atom stereocenters. The molecule has 3 aromatic rings. The molecule has 246 valence electrons. The lowest BCUT2D eigenvalue weighted by Gasteiger charge is -2.35. The summed E-state index contributed by atoms with van der Waals surface area (Å²) in [6.45, 7) is 6.51. The van der Waals surface area contributed by atoms with Crippen LogP contribution in [0.1, 0.15) is 60.7 Å². The highest BCUT2D eigenvalue weighted by Gasteiger charge is 2.31. The summed E-state index contributed by atoms with van der Waals surface area (Å²) in [6, 6.07) is 16.7. The van der Waals surface area contributed by atoms with Crippen molar-refractivity contribution in [3.8, 4) is 5.75 Å². The van der Waals surface area contributed by atoms with Gasteiger partial charge in [-0.15, -0.1) is 0 Å². The van der Waals surface area contributed by atoms with E-state index in [0.717, 1.165) is 19.3 Å². The monoisotopic (exact) mass is 631 g/mol. The molecule has 0 aliphatic carbocycles. The molecule has 11 nitrogen and oxygen atoms in total. The summed E-state index contributed by atoms with van der Waals surface area (Å²) >= 11 is 0. The van der Waals surface area contributed by atoms with E-state index in [1.807, 2.05) is 44.2 Å². The topological polar surface area (TPSA) is 133 Å². The van der Waals surface area contributed by atoms with Crippen molar-refractivity contribution in [3.05, 3.63) is 84.2 Å². The number of para-hydroxylation sites is 1. The number of anilines is 2. The van der Waals surface area contributed by atoms with Crippen molar-refractivity contribution in [3.63, 3.8) is 0 Å². The van der Waals surface area contributed by atoms with Gasteiger partial charge in [0.15, 0.2) is 0 Å². The lowest BCUT2D eigenvalue weighted by atomic mass is 10.0. The second-order valence-corrected chi connectivity index (χ2v) is 11.9. The molecule has 46 heavy (non-hydrogen) atoms. The second kappa shape index (κ2) is 16.7. The molecule has 11 heteroatoms. The van der Waals surface area contributed by atoms with E-state index in [-0.39, 0.29) is 54.7 Å². The number of amides is 4. The maximum absolute atomic E-state index is 14.3. The SMILES string of the molecule is C[C@@H]1CCCCO[C@H](CN(C)C(=O)Nc2ccccc2)[C@H](C)CN([C@H](C)CO)C(=O)c2cc(NC(=O)c3ccncc3)ccc2O1. The van der Waals surface area contributed by atoms with Gasteiger partial charge in [0.2, 0.25) is 0 Å². The number of carbonyl (C=O) groups excluding carboxylic acids is 3.